The molecule has 0 saturated heterocycles. The van der Waals surface area contributed by atoms with Crippen LogP contribution in [0.3, 0.4) is 0 Å². The van der Waals surface area contributed by atoms with E-state index in [1.807, 2.05) is 0 Å². The minimum atomic E-state index is -0.611. The zero-order chi connectivity index (χ0) is 36.2. The molecule has 4 aromatic rings. The molecule has 0 radical (unpaired) electrons. The van der Waals surface area contributed by atoms with Gasteiger partial charge in [0.15, 0.2) is 0 Å². The van der Waals surface area contributed by atoms with E-state index in [2.05, 4.69) is 41.5 Å². The van der Waals surface area contributed by atoms with E-state index in [-0.39, 0.29) is 71.2 Å². The minimum absolute atomic E-state index is 0.145. The molecule has 4 amide bonds. The van der Waals surface area contributed by atoms with Gasteiger partial charge in [-0.3, -0.25) is 19.2 Å². The number of nitrogens with one attached hydrogen (secondary N) is 4. The van der Waals surface area contributed by atoms with Crippen LogP contribution in [0.4, 0.5) is 34.6 Å². The fourth-order valence-electron chi connectivity index (χ4n) is 4.23. The lowest BCUT2D eigenvalue weighted by Crippen LogP contribution is -2.13. The third-order valence-corrected chi connectivity index (χ3v) is 6.21. The van der Waals surface area contributed by atoms with Gasteiger partial charge >= 0.3 is 11.9 Å². The van der Waals surface area contributed by atoms with Gasteiger partial charge in [0.1, 0.15) is 36.5 Å². The average Bonchev–Trinajstić information content (AvgIpc) is 3.04. The van der Waals surface area contributed by atoms with Gasteiger partial charge in [0, 0.05) is 27.7 Å². The quantitative estimate of drug-likeness (QED) is 0.110. The number of azo groups is 1. The number of carbonyl (C=O) groups excluding carboxylic acids is 6. The number of anilines is 4. The standard InChI is InChI=1S/C34H32N8O8/c1-19(43)35-29-13-23(14-30(39-29)36-20(2)44)17-49-33(47)25-5-9-27(10-6-25)41-42-28-11-7-26(8-12-28)34(48)50-18-24-15-31(37-21(3)45)40-32(16-24)38-22(4)46/h5-16H,17-18H2,1-4H3,(H2,35,36,39,43,44)(H2,37,38,40,45,46)/b42-41+. The SMILES string of the molecule is CC(=O)Nc1cc(COC(=O)c2ccc(/N=N/c3ccc(C(=O)OCc4cc(NC(C)=O)nc(NC(C)=O)c4)cc3)cc2)cc(NC(C)=O)n1. The Bertz CT molecular complexity index is 1750. The second kappa shape index (κ2) is 16.8. The maximum Gasteiger partial charge on any atom is 0.338 e. The minimum Gasteiger partial charge on any atom is -0.457 e. The topological polar surface area (TPSA) is 220 Å². The molecule has 4 rings (SSSR count). The first-order valence-electron chi connectivity index (χ1n) is 14.9. The monoisotopic (exact) mass is 680 g/mol. The molecular weight excluding hydrogens is 648 g/mol. The van der Waals surface area contributed by atoms with Crippen LogP contribution >= 0.6 is 0 Å². The number of benzene rings is 2. The summed E-state index contributed by atoms with van der Waals surface area (Å²) in [5.41, 5.74) is 2.41. The van der Waals surface area contributed by atoms with Gasteiger partial charge in [-0.2, -0.15) is 10.2 Å². The first-order valence-corrected chi connectivity index (χ1v) is 14.9. The number of rotatable bonds is 12. The summed E-state index contributed by atoms with van der Waals surface area (Å²) in [5, 5.41) is 18.5. The van der Waals surface area contributed by atoms with Gasteiger partial charge in [-0.15, -0.1) is 0 Å². The van der Waals surface area contributed by atoms with Crippen molar-refractivity contribution in [2.75, 3.05) is 21.3 Å². The molecule has 0 bridgehead atoms. The van der Waals surface area contributed by atoms with Crippen molar-refractivity contribution >= 4 is 70.2 Å². The molecule has 256 valence electrons. The maximum absolute atomic E-state index is 12.7. The fourth-order valence-corrected chi connectivity index (χ4v) is 4.23. The van der Waals surface area contributed by atoms with Crippen LogP contribution in [0, 0.1) is 0 Å². The van der Waals surface area contributed by atoms with Gasteiger partial charge in [0.05, 0.1) is 22.5 Å². The molecule has 0 spiro atoms. The van der Waals surface area contributed by atoms with Gasteiger partial charge in [-0.25, -0.2) is 19.6 Å². The molecule has 16 heteroatoms. The summed E-state index contributed by atoms with van der Waals surface area (Å²) in [6.07, 6.45) is 0. The van der Waals surface area contributed by atoms with Gasteiger partial charge in [-0.1, -0.05) is 0 Å². The second-order valence-electron chi connectivity index (χ2n) is 10.7. The molecule has 16 nitrogen and oxygen atoms in total. The number of ether oxygens (including phenoxy) is 2. The Kier molecular flexibility index (Phi) is 12.1. The van der Waals surface area contributed by atoms with Crippen LogP contribution in [0.2, 0.25) is 0 Å². The highest BCUT2D eigenvalue weighted by atomic mass is 16.5. The molecule has 2 aromatic carbocycles. The Balaban J connectivity index is 1.32. The van der Waals surface area contributed by atoms with Crippen molar-refractivity contribution in [1.29, 1.82) is 0 Å². The lowest BCUT2D eigenvalue weighted by molar-refractivity contribution is -0.115. The highest BCUT2D eigenvalue weighted by molar-refractivity contribution is 5.92. The number of esters is 2. The molecule has 0 unspecified atom stereocenters. The maximum atomic E-state index is 12.7. The third kappa shape index (κ3) is 11.4. The number of carbonyl (C=O) groups is 6. The number of hydrogen-bond donors (Lipinski definition) is 4. The highest BCUT2D eigenvalue weighted by Gasteiger charge is 2.13. The van der Waals surface area contributed by atoms with Crippen LogP contribution in [0.5, 0.6) is 0 Å². The van der Waals surface area contributed by atoms with Crippen LogP contribution in [0.1, 0.15) is 59.5 Å². The molecule has 0 aliphatic rings. The van der Waals surface area contributed by atoms with Crippen LogP contribution < -0.4 is 21.3 Å². The summed E-state index contributed by atoms with van der Waals surface area (Å²) >= 11 is 0. The summed E-state index contributed by atoms with van der Waals surface area (Å²) in [7, 11) is 0. The third-order valence-electron chi connectivity index (χ3n) is 6.21. The first kappa shape index (κ1) is 36.0. The average molecular weight is 681 g/mol. The smallest absolute Gasteiger partial charge is 0.338 e. The van der Waals surface area contributed by atoms with E-state index >= 15 is 0 Å². The first-order chi connectivity index (χ1) is 23.8. The molecule has 0 aliphatic heterocycles. The Hall–Kier alpha value is -6.84. The molecular formula is C34H32N8O8. The fraction of sp³-hybridized carbons (Fsp3) is 0.176. The van der Waals surface area contributed by atoms with E-state index in [1.165, 1.54) is 76.2 Å². The zero-order valence-electron chi connectivity index (χ0n) is 27.4. The summed E-state index contributed by atoms with van der Waals surface area (Å²) in [6.45, 7) is 4.98. The van der Waals surface area contributed by atoms with Crippen molar-refractivity contribution < 1.29 is 38.2 Å². The van der Waals surface area contributed by atoms with Crippen molar-refractivity contribution in [3.63, 3.8) is 0 Å². The van der Waals surface area contributed by atoms with Gasteiger partial charge in [0.2, 0.25) is 23.6 Å². The Morgan fingerprint density at radius 1 is 0.500 bits per heavy atom. The van der Waals surface area contributed by atoms with Crippen LogP contribution in [-0.2, 0) is 41.9 Å². The Morgan fingerprint density at radius 2 is 0.780 bits per heavy atom. The zero-order valence-corrected chi connectivity index (χ0v) is 27.4. The predicted molar refractivity (Wildman–Crippen MR) is 181 cm³/mol. The summed E-state index contributed by atoms with van der Waals surface area (Å²) in [5.74, 6) is -1.86. The Morgan fingerprint density at radius 3 is 1.04 bits per heavy atom. The van der Waals surface area contributed by atoms with Gasteiger partial charge in [-0.05, 0) is 83.9 Å². The molecule has 0 aliphatic carbocycles. The van der Waals surface area contributed by atoms with E-state index in [0.29, 0.717) is 22.5 Å². The highest BCUT2D eigenvalue weighted by Crippen LogP contribution is 2.22. The van der Waals surface area contributed by atoms with Crippen LogP contribution in [0.15, 0.2) is 83.0 Å². The lowest BCUT2D eigenvalue weighted by atomic mass is 10.2. The molecule has 0 atom stereocenters. The van der Waals surface area contributed by atoms with Crippen molar-refractivity contribution in [2.45, 2.75) is 40.9 Å². The van der Waals surface area contributed by atoms with Crippen LogP contribution in [0.25, 0.3) is 0 Å². The largest absolute Gasteiger partial charge is 0.457 e. The van der Waals surface area contributed by atoms with Gasteiger partial charge in [0.25, 0.3) is 0 Å². The van der Waals surface area contributed by atoms with E-state index in [4.69, 9.17) is 9.47 Å². The van der Waals surface area contributed by atoms with Crippen molar-refractivity contribution in [1.82, 2.24) is 9.97 Å². The normalized spacial score (nSPS) is 10.6. The Labute approximate surface area is 285 Å². The van der Waals surface area contributed by atoms with E-state index in [1.54, 1.807) is 24.3 Å². The molecule has 2 aromatic heterocycles. The second-order valence-corrected chi connectivity index (χ2v) is 10.7. The number of nitrogens with zero attached hydrogens (tertiary/aromatic N) is 4. The summed E-state index contributed by atoms with van der Waals surface area (Å²) in [4.78, 5) is 79.4. The summed E-state index contributed by atoms with van der Waals surface area (Å²) < 4.78 is 10.8. The molecule has 4 N–H and O–H groups in total. The number of amides is 4. The van der Waals surface area contributed by atoms with Crippen molar-refractivity contribution in [3.05, 3.63) is 95.1 Å². The van der Waals surface area contributed by atoms with Crippen molar-refractivity contribution in [3.8, 4) is 0 Å². The van der Waals surface area contributed by atoms with Gasteiger partial charge < -0.3 is 30.7 Å². The number of aromatic nitrogens is 2. The predicted octanol–water partition coefficient (Wildman–Crippen LogP) is 5.44. The van der Waals surface area contributed by atoms with Crippen LogP contribution in [-0.4, -0.2) is 45.5 Å². The van der Waals surface area contributed by atoms with E-state index < -0.39 is 11.9 Å². The molecule has 0 saturated carbocycles. The van der Waals surface area contributed by atoms with E-state index in [9.17, 15) is 28.8 Å². The van der Waals surface area contributed by atoms with E-state index in [0.717, 1.165) is 0 Å². The number of pyridine rings is 2. The lowest BCUT2D eigenvalue weighted by Gasteiger charge is -2.10. The number of hydrogen-bond acceptors (Lipinski definition) is 12. The molecule has 2 heterocycles. The summed E-state index contributed by atoms with van der Waals surface area (Å²) in [6, 6.07) is 18.5. The molecule has 0 fully saturated rings. The van der Waals surface area contributed by atoms with Crippen molar-refractivity contribution in [2.24, 2.45) is 10.2 Å². The molecule has 50 heavy (non-hydrogen) atoms.